The molecule has 3 aromatic rings. The van der Waals surface area contributed by atoms with Crippen molar-refractivity contribution in [2.45, 2.75) is 43.8 Å². The number of rotatable bonds is 7. The molecule has 5 rings (SSSR count). The monoisotopic (exact) mass is 576 g/mol. The number of morpholine rings is 1. The topological polar surface area (TPSA) is 100 Å². The standard InChI is InChI=1S/C26H29ClN4O5S2/c1-17(25(32)29-9-11-36-12-10-29)30-8-7-24(26(30)33)31(15-22-16-37-18(2)28-22)38(34,35)23-6-4-19-13-21(27)5-3-20(19)14-23/h3-6,13-14,16-17,24H,7-12,15H2,1-2H3/t17-,24?/m0/s1. The van der Waals surface area contributed by atoms with Gasteiger partial charge in [-0.15, -0.1) is 11.3 Å². The molecule has 0 bridgehead atoms. The summed E-state index contributed by atoms with van der Waals surface area (Å²) in [6, 6.07) is 8.47. The molecule has 1 aromatic heterocycles. The summed E-state index contributed by atoms with van der Waals surface area (Å²) in [7, 11) is -4.09. The number of aromatic nitrogens is 1. The van der Waals surface area contributed by atoms with Gasteiger partial charge in [0.1, 0.15) is 12.1 Å². The Morgan fingerprint density at radius 3 is 2.61 bits per heavy atom. The van der Waals surface area contributed by atoms with Crippen LogP contribution in [0.1, 0.15) is 24.0 Å². The van der Waals surface area contributed by atoms with E-state index in [0.717, 1.165) is 15.8 Å². The first kappa shape index (κ1) is 27.0. The zero-order chi connectivity index (χ0) is 27.0. The number of ether oxygens (including phenoxy) is 1. The molecule has 2 saturated heterocycles. The fraction of sp³-hybridized carbons (Fsp3) is 0.423. The summed E-state index contributed by atoms with van der Waals surface area (Å²) in [6.07, 6.45) is 0.283. The van der Waals surface area contributed by atoms with Crippen LogP contribution in [0.15, 0.2) is 46.7 Å². The van der Waals surface area contributed by atoms with E-state index in [2.05, 4.69) is 4.98 Å². The lowest BCUT2D eigenvalue weighted by Gasteiger charge is -2.33. The largest absolute Gasteiger partial charge is 0.378 e. The van der Waals surface area contributed by atoms with E-state index < -0.39 is 22.1 Å². The summed E-state index contributed by atoms with van der Waals surface area (Å²) >= 11 is 7.52. The second-order valence-corrected chi connectivity index (χ2v) is 12.9. The van der Waals surface area contributed by atoms with Crippen LogP contribution < -0.4 is 0 Å². The summed E-state index contributed by atoms with van der Waals surface area (Å²) in [5.41, 5.74) is 0.576. The van der Waals surface area contributed by atoms with E-state index in [1.54, 1.807) is 42.2 Å². The van der Waals surface area contributed by atoms with Crippen molar-refractivity contribution in [3.63, 3.8) is 0 Å². The molecule has 202 valence electrons. The molecule has 0 N–H and O–H groups in total. The molecular weight excluding hydrogens is 548 g/mol. The molecule has 38 heavy (non-hydrogen) atoms. The lowest BCUT2D eigenvalue weighted by atomic mass is 10.1. The van der Waals surface area contributed by atoms with E-state index >= 15 is 0 Å². The molecule has 2 atom stereocenters. The number of carbonyl (C=O) groups excluding carboxylic acids is 2. The Morgan fingerprint density at radius 2 is 1.89 bits per heavy atom. The number of hydrogen-bond acceptors (Lipinski definition) is 7. The molecule has 2 aromatic carbocycles. The maximum atomic E-state index is 14.1. The second-order valence-electron chi connectivity index (χ2n) is 9.51. The summed E-state index contributed by atoms with van der Waals surface area (Å²) in [5, 5.41) is 4.72. The highest BCUT2D eigenvalue weighted by Gasteiger charge is 2.45. The number of fused-ring (bicyclic) bond motifs is 1. The third kappa shape index (κ3) is 5.30. The van der Waals surface area contributed by atoms with Crippen LogP contribution in [0, 0.1) is 6.92 Å². The van der Waals surface area contributed by atoms with Crippen LogP contribution in [0.2, 0.25) is 5.02 Å². The fourth-order valence-corrected chi connectivity index (χ4v) is 7.42. The SMILES string of the molecule is Cc1nc(CN(C2CCN([C@@H](C)C(=O)N3CCOCC3)C2=O)S(=O)(=O)c2ccc3cc(Cl)ccc3c2)cs1. The Hall–Kier alpha value is -2.57. The van der Waals surface area contributed by atoms with Gasteiger partial charge in [-0.25, -0.2) is 13.4 Å². The minimum atomic E-state index is -4.09. The lowest BCUT2D eigenvalue weighted by Crippen LogP contribution is -2.53. The van der Waals surface area contributed by atoms with E-state index in [9.17, 15) is 18.0 Å². The normalized spacial score (nSPS) is 19.5. The van der Waals surface area contributed by atoms with Crippen LogP contribution in [0.25, 0.3) is 10.8 Å². The Kier molecular flexibility index (Phi) is 7.74. The molecule has 3 heterocycles. The maximum absolute atomic E-state index is 14.1. The first-order chi connectivity index (χ1) is 18.1. The minimum Gasteiger partial charge on any atom is -0.378 e. The lowest BCUT2D eigenvalue weighted by molar-refractivity contribution is -0.146. The summed E-state index contributed by atoms with van der Waals surface area (Å²) in [5.74, 6) is -0.526. The first-order valence-electron chi connectivity index (χ1n) is 12.4. The van der Waals surface area contributed by atoms with Crippen molar-refractivity contribution in [1.82, 2.24) is 19.1 Å². The van der Waals surface area contributed by atoms with Crippen molar-refractivity contribution in [3.8, 4) is 0 Å². The average molecular weight is 577 g/mol. The molecule has 2 aliphatic rings. The third-order valence-corrected chi connectivity index (χ3v) is 9.98. The van der Waals surface area contributed by atoms with Crippen LogP contribution >= 0.6 is 22.9 Å². The van der Waals surface area contributed by atoms with Gasteiger partial charge in [-0.3, -0.25) is 9.59 Å². The van der Waals surface area contributed by atoms with Crippen LogP contribution in [0.4, 0.5) is 0 Å². The number of benzene rings is 2. The maximum Gasteiger partial charge on any atom is 0.245 e. The second kappa shape index (κ2) is 10.9. The molecule has 0 radical (unpaired) electrons. The van der Waals surface area contributed by atoms with Crippen molar-refractivity contribution in [3.05, 3.63) is 57.5 Å². The van der Waals surface area contributed by atoms with Gasteiger partial charge in [0.2, 0.25) is 21.8 Å². The quantitative estimate of drug-likeness (QED) is 0.428. The third-order valence-electron chi connectivity index (χ3n) is 7.07. The van der Waals surface area contributed by atoms with E-state index in [1.807, 2.05) is 12.3 Å². The number of hydrogen-bond donors (Lipinski definition) is 0. The molecular formula is C26H29ClN4O5S2. The number of carbonyl (C=O) groups is 2. The number of nitrogens with zero attached hydrogens (tertiary/aromatic N) is 4. The predicted molar refractivity (Wildman–Crippen MR) is 146 cm³/mol. The Labute approximate surface area is 231 Å². The zero-order valence-electron chi connectivity index (χ0n) is 21.2. The number of amides is 2. The van der Waals surface area contributed by atoms with E-state index in [0.29, 0.717) is 43.6 Å². The van der Waals surface area contributed by atoms with E-state index in [1.165, 1.54) is 26.6 Å². The fourth-order valence-electron chi connectivity index (χ4n) is 5.01. The highest BCUT2D eigenvalue weighted by Crippen LogP contribution is 2.30. The smallest absolute Gasteiger partial charge is 0.245 e. The van der Waals surface area contributed by atoms with Gasteiger partial charge >= 0.3 is 0 Å². The number of sulfonamides is 1. The van der Waals surface area contributed by atoms with Crippen LogP contribution in [0.5, 0.6) is 0 Å². The van der Waals surface area contributed by atoms with Crippen molar-refractivity contribution in [2.75, 3.05) is 32.8 Å². The molecule has 2 amide bonds. The molecule has 2 fully saturated rings. The predicted octanol–water partition coefficient (Wildman–Crippen LogP) is 3.30. The first-order valence-corrected chi connectivity index (χ1v) is 15.1. The highest BCUT2D eigenvalue weighted by atomic mass is 35.5. The minimum absolute atomic E-state index is 0.0403. The Morgan fingerprint density at radius 1 is 1.18 bits per heavy atom. The van der Waals surface area contributed by atoms with Gasteiger partial charge in [0.05, 0.1) is 35.4 Å². The Balaban J connectivity index is 1.45. The Bertz CT molecular complexity index is 1470. The van der Waals surface area contributed by atoms with E-state index in [-0.39, 0.29) is 29.7 Å². The summed E-state index contributed by atoms with van der Waals surface area (Å²) in [6.45, 7) is 5.69. The zero-order valence-corrected chi connectivity index (χ0v) is 23.6. The average Bonchev–Trinajstić information content (AvgIpc) is 3.50. The van der Waals surface area contributed by atoms with Crippen molar-refractivity contribution < 1.29 is 22.7 Å². The van der Waals surface area contributed by atoms with Crippen LogP contribution in [-0.4, -0.2) is 84.3 Å². The number of halogens is 1. The van der Waals surface area contributed by atoms with Crippen LogP contribution in [0.3, 0.4) is 0 Å². The number of aryl methyl sites for hydroxylation is 1. The van der Waals surface area contributed by atoms with Crippen molar-refractivity contribution >= 4 is 55.5 Å². The van der Waals surface area contributed by atoms with E-state index in [4.69, 9.17) is 16.3 Å². The molecule has 2 aliphatic heterocycles. The summed E-state index contributed by atoms with van der Waals surface area (Å²) < 4.78 is 34.7. The van der Waals surface area contributed by atoms with Crippen molar-refractivity contribution in [1.29, 1.82) is 0 Å². The van der Waals surface area contributed by atoms with Gasteiger partial charge < -0.3 is 14.5 Å². The van der Waals surface area contributed by atoms with Gasteiger partial charge in [-0.05, 0) is 55.3 Å². The molecule has 0 saturated carbocycles. The van der Waals surface area contributed by atoms with Gasteiger partial charge in [0.15, 0.2) is 0 Å². The molecule has 0 aliphatic carbocycles. The molecule has 1 unspecified atom stereocenters. The van der Waals surface area contributed by atoms with Crippen molar-refractivity contribution in [2.24, 2.45) is 0 Å². The molecule has 12 heteroatoms. The van der Waals surface area contributed by atoms with Crippen LogP contribution in [-0.2, 0) is 30.9 Å². The van der Waals surface area contributed by atoms with Gasteiger partial charge in [0, 0.05) is 30.0 Å². The van der Waals surface area contributed by atoms with Gasteiger partial charge in [0.25, 0.3) is 0 Å². The highest BCUT2D eigenvalue weighted by molar-refractivity contribution is 7.89. The summed E-state index contributed by atoms with van der Waals surface area (Å²) in [4.78, 5) is 34.5. The van der Waals surface area contributed by atoms with Gasteiger partial charge in [-0.2, -0.15) is 4.31 Å². The van der Waals surface area contributed by atoms with Gasteiger partial charge in [-0.1, -0.05) is 23.7 Å². The molecule has 0 spiro atoms. The number of thiazole rings is 1. The molecule has 9 nitrogen and oxygen atoms in total. The number of likely N-dealkylation sites (tertiary alicyclic amines) is 1.